The average Bonchev–Trinajstić information content (AvgIpc) is 2.96. The van der Waals surface area contributed by atoms with E-state index in [1.807, 2.05) is 28.4 Å². The highest BCUT2D eigenvalue weighted by Gasteiger charge is 2.23. The molecule has 3 heterocycles. The van der Waals surface area contributed by atoms with E-state index in [9.17, 15) is 4.79 Å². The Labute approximate surface area is 97.1 Å². The largest absolute Gasteiger partial charge is 0.298 e. The summed E-state index contributed by atoms with van der Waals surface area (Å²) in [5, 5.41) is 8.33. The molecule has 1 aliphatic rings. The van der Waals surface area contributed by atoms with Gasteiger partial charge in [0.1, 0.15) is 5.82 Å². The lowest BCUT2D eigenvalue weighted by Gasteiger charge is -2.05. The maximum Gasteiger partial charge on any atom is 0.171 e. The highest BCUT2D eigenvalue weighted by atomic mass is 32.2. The first-order valence-electron chi connectivity index (χ1n) is 5.26. The molecule has 1 saturated heterocycles. The SMILES string of the molecule is O=Cc1cccn2c(C3CCSC3)nnc12. The maximum absolute atomic E-state index is 10.9. The zero-order valence-corrected chi connectivity index (χ0v) is 9.48. The normalized spacial score (nSPS) is 20.4. The number of aromatic nitrogens is 3. The van der Waals surface area contributed by atoms with Crippen LogP contribution in [0.25, 0.3) is 5.65 Å². The minimum atomic E-state index is 0.474. The molecule has 16 heavy (non-hydrogen) atoms. The van der Waals surface area contributed by atoms with E-state index in [1.165, 1.54) is 5.75 Å². The molecule has 0 radical (unpaired) electrons. The number of hydrogen-bond acceptors (Lipinski definition) is 4. The fraction of sp³-hybridized carbons (Fsp3) is 0.364. The smallest absolute Gasteiger partial charge is 0.171 e. The molecule has 4 nitrogen and oxygen atoms in total. The number of carbonyl (C=O) groups is 1. The van der Waals surface area contributed by atoms with Crippen LogP contribution in [0.1, 0.15) is 28.5 Å². The van der Waals surface area contributed by atoms with Gasteiger partial charge in [-0.1, -0.05) is 0 Å². The lowest BCUT2D eigenvalue weighted by molar-refractivity contribution is 0.112. The summed E-state index contributed by atoms with van der Waals surface area (Å²) < 4.78 is 1.94. The molecule has 3 rings (SSSR count). The van der Waals surface area contributed by atoms with Gasteiger partial charge < -0.3 is 0 Å². The van der Waals surface area contributed by atoms with Crippen molar-refractivity contribution in [2.45, 2.75) is 12.3 Å². The molecular weight excluding hydrogens is 222 g/mol. The van der Waals surface area contributed by atoms with Gasteiger partial charge >= 0.3 is 0 Å². The molecule has 2 aromatic rings. The van der Waals surface area contributed by atoms with Crippen molar-refractivity contribution in [2.75, 3.05) is 11.5 Å². The molecule has 0 aliphatic carbocycles. The molecule has 0 N–H and O–H groups in total. The standard InChI is InChI=1S/C11H11N3OS/c15-6-8-2-1-4-14-10(8)12-13-11(14)9-3-5-16-7-9/h1-2,4,6,9H,3,5,7H2. The van der Waals surface area contributed by atoms with E-state index < -0.39 is 0 Å². The van der Waals surface area contributed by atoms with Crippen molar-refractivity contribution in [1.29, 1.82) is 0 Å². The molecule has 82 valence electrons. The number of fused-ring (bicyclic) bond motifs is 1. The van der Waals surface area contributed by atoms with Crippen molar-refractivity contribution in [1.82, 2.24) is 14.6 Å². The van der Waals surface area contributed by atoms with E-state index in [4.69, 9.17) is 0 Å². The molecule has 1 aliphatic heterocycles. The van der Waals surface area contributed by atoms with Crippen molar-refractivity contribution < 1.29 is 4.79 Å². The molecule has 5 heteroatoms. The Morgan fingerprint density at radius 2 is 2.44 bits per heavy atom. The topological polar surface area (TPSA) is 47.3 Å². The van der Waals surface area contributed by atoms with Crippen LogP contribution in [0.3, 0.4) is 0 Å². The van der Waals surface area contributed by atoms with E-state index in [-0.39, 0.29) is 0 Å². The highest BCUT2D eigenvalue weighted by molar-refractivity contribution is 7.99. The number of thioether (sulfide) groups is 1. The van der Waals surface area contributed by atoms with E-state index in [0.717, 1.165) is 24.3 Å². The van der Waals surface area contributed by atoms with E-state index in [2.05, 4.69) is 10.2 Å². The third kappa shape index (κ3) is 1.43. The monoisotopic (exact) mass is 233 g/mol. The molecule has 1 atom stereocenters. The van der Waals surface area contributed by atoms with Gasteiger partial charge in [0, 0.05) is 17.9 Å². The number of pyridine rings is 1. The van der Waals surface area contributed by atoms with Gasteiger partial charge in [0.15, 0.2) is 11.9 Å². The number of hydrogen-bond donors (Lipinski definition) is 0. The second kappa shape index (κ2) is 3.90. The first kappa shape index (κ1) is 9.84. The fourth-order valence-corrected chi connectivity index (χ4v) is 3.28. The molecule has 2 aromatic heterocycles. The number of nitrogens with zero attached hydrogens (tertiary/aromatic N) is 3. The van der Waals surface area contributed by atoms with Crippen molar-refractivity contribution in [3.63, 3.8) is 0 Å². The van der Waals surface area contributed by atoms with Crippen LogP contribution >= 0.6 is 11.8 Å². The minimum absolute atomic E-state index is 0.474. The average molecular weight is 233 g/mol. The quantitative estimate of drug-likeness (QED) is 0.742. The molecule has 1 fully saturated rings. The predicted molar refractivity (Wildman–Crippen MR) is 63.1 cm³/mol. The lowest BCUT2D eigenvalue weighted by Crippen LogP contribution is -2.03. The van der Waals surface area contributed by atoms with Crippen molar-refractivity contribution in [2.24, 2.45) is 0 Å². The van der Waals surface area contributed by atoms with Crippen LogP contribution in [-0.4, -0.2) is 32.4 Å². The second-order valence-electron chi connectivity index (χ2n) is 3.89. The van der Waals surface area contributed by atoms with Gasteiger partial charge in [0.25, 0.3) is 0 Å². The van der Waals surface area contributed by atoms with Crippen LogP contribution in [0.2, 0.25) is 0 Å². The van der Waals surface area contributed by atoms with Gasteiger partial charge in [-0.3, -0.25) is 9.20 Å². The third-order valence-corrected chi connectivity index (χ3v) is 4.08. The minimum Gasteiger partial charge on any atom is -0.298 e. The van der Waals surface area contributed by atoms with E-state index in [1.54, 1.807) is 6.07 Å². The van der Waals surface area contributed by atoms with Gasteiger partial charge in [-0.25, -0.2) is 0 Å². The predicted octanol–water partition coefficient (Wildman–Crippen LogP) is 1.76. The fourth-order valence-electron chi connectivity index (χ4n) is 2.06. The number of carbonyl (C=O) groups excluding carboxylic acids is 1. The molecule has 0 aromatic carbocycles. The summed E-state index contributed by atoms with van der Waals surface area (Å²) in [7, 11) is 0. The van der Waals surface area contributed by atoms with Gasteiger partial charge in [-0.05, 0) is 24.3 Å². The number of rotatable bonds is 2. The van der Waals surface area contributed by atoms with Crippen LogP contribution in [0.4, 0.5) is 0 Å². The summed E-state index contributed by atoms with van der Waals surface area (Å²) in [4.78, 5) is 10.9. The van der Waals surface area contributed by atoms with Gasteiger partial charge in [-0.2, -0.15) is 11.8 Å². The Kier molecular flexibility index (Phi) is 2.40. The van der Waals surface area contributed by atoms with Crippen LogP contribution in [-0.2, 0) is 0 Å². The van der Waals surface area contributed by atoms with E-state index in [0.29, 0.717) is 17.1 Å². The maximum atomic E-state index is 10.9. The Morgan fingerprint density at radius 1 is 1.50 bits per heavy atom. The van der Waals surface area contributed by atoms with Crippen LogP contribution in [0.5, 0.6) is 0 Å². The summed E-state index contributed by atoms with van der Waals surface area (Å²) in [6, 6.07) is 3.63. The summed E-state index contributed by atoms with van der Waals surface area (Å²) >= 11 is 1.95. The first-order valence-corrected chi connectivity index (χ1v) is 6.42. The van der Waals surface area contributed by atoms with Gasteiger partial charge in [-0.15, -0.1) is 10.2 Å². The van der Waals surface area contributed by atoms with E-state index >= 15 is 0 Å². The molecule has 0 spiro atoms. The Balaban J connectivity index is 2.16. The molecule has 0 amide bonds. The lowest BCUT2D eigenvalue weighted by atomic mass is 10.1. The number of aldehydes is 1. The Bertz CT molecular complexity index is 531. The van der Waals surface area contributed by atoms with Crippen LogP contribution < -0.4 is 0 Å². The summed E-state index contributed by atoms with van der Waals surface area (Å²) in [6.07, 6.45) is 3.91. The van der Waals surface area contributed by atoms with Gasteiger partial charge in [0.2, 0.25) is 0 Å². The first-order chi connectivity index (χ1) is 7.90. The summed E-state index contributed by atoms with van der Waals surface area (Å²) in [5.41, 5.74) is 1.27. The Morgan fingerprint density at radius 3 is 3.19 bits per heavy atom. The second-order valence-corrected chi connectivity index (χ2v) is 5.04. The zero-order valence-electron chi connectivity index (χ0n) is 8.67. The summed E-state index contributed by atoms with van der Waals surface area (Å²) in [6.45, 7) is 0. The zero-order chi connectivity index (χ0) is 11.0. The highest BCUT2D eigenvalue weighted by Crippen LogP contribution is 2.31. The van der Waals surface area contributed by atoms with Crippen molar-refractivity contribution in [3.8, 4) is 0 Å². The van der Waals surface area contributed by atoms with Gasteiger partial charge in [0.05, 0.1) is 5.56 Å². The van der Waals surface area contributed by atoms with Crippen molar-refractivity contribution >= 4 is 23.7 Å². The molecule has 0 saturated carbocycles. The Hall–Kier alpha value is -1.36. The van der Waals surface area contributed by atoms with Crippen LogP contribution in [0, 0.1) is 0 Å². The molecular formula is C11H11N3OS. The third-order valence-electron chi connectivity index (χ3n) is 2.91. The molecule has 1 unspecified atom stereocenters. The van der Waals surface area contributed by atoms with Crippen LogP contribution in [0.15, 0.2) is 18.3 Å². The van der Waals surface area contributed by atoms with Crippen molar-refractivity contribution in [3.05, 3.63) is 29.7 Å². The summed E-state index contributed by atoms with van der Waals surface area (Å²) in [5.74, 6) is 3.75. The molecule has 0 bridgehead atoms.